The molecule has 284 valence electrons. The maximum absolute atomic E-state index is 6.30. The second-order valence-electron chi connectivity index (χ2n) is 17.1. The van der Waals surface area contributed by atoms with Crippen molar-refractivity contribution in [3.63, 3.8) is 0 Å². The SMILES string of the molecule is CC(C)(C)c1ccc(-c2ccccc2N(c2ccc(-c3cccc4oc5ccccc5c34)cc2)c2ccccc2-c2cccc3cccc(C4CCCCC4)c23)cc1. The molecule has 1 saturated carbocycles. The van der Waals surface area contributed by atoms with Gasteiger partial charge in [0.05, 0.1) is 11.4 Å². The Morgan fingerprint density at radius 1 is 0.466 bits per heavy atom. The molecule has 0 aliphatic heterocycles. The van der Waals surface area contributed by atoms with E-state index in [0.717, 1.165) is 44.6 Å². The zero-order valence-corrected chi connectivity index (χ0v) is 33.7. The van der Waals surface area contributed by atoms with Crippen LogP contribution in [0, 0.1) is 0 Å². The Balaban J connectivity index is 1.17. The van der Waals surface area contributed by atoms with Gasteiger partial charge in [0.1, 0.15) is 11.2 Å². The molecule has 1 aliphatic carbocycles. The van der Waals surface area contributed by atoms with Gasteiger partial charge in [0.15, 0.2) is 0 Å². The van der Waals surface area contributed by atoms with E-state index in [0.29, 0.717) is 5.92 Å². The van der Waals surface area contributed by atoms with E-state index in [-0.39, 0.29) is 5.41 Å². The molecule has 2 heteroatoms. The number of benzene rings is 8. The molecule has 8 aromatic carbocycles. The molecule has 2 nitrogen and oxygen atoms in total. The highest BCUT2D eigenvalue weighted by Crippen LogP contribution is 2.48. The molecule has 0 radical (unpaired) electrons. The molecule has 58 heavy (non-hydrogen) atoms. The van der Waals surface area contributed by atoms with Crippen molar-refractivity contribution in [3.8, 4) is 33.4 Å². The number of rotatable bonds is 7. The number of para-hydroxylation sites is 3. The summed E-state index contributed by atoms with van der Waals surface area (Å²) in [6, 6.07) is 64.9. The standard InChI is InChI=1S/C56H49NO/c1-56(2,3)42-34-30-39(31-35-42)44-20-7-10-26-50(44)57(43-36-32-40(33-37-43)46-24-15-29-53-55(46)49-22-9-12-28-52(49)58-53)51-27-11-8-21-47(51)48-25-14-19-41-18-13-23-45(54(41)48)38-16-5-4-6-17-38/h7-15,18-38H,4-6,16-17H2,1-3H3. The number of anilines is 3. The Kier molecular flexibility index (Phi) is 9.21. The Labute approximate surface area is 342 Å². The second kappa shape index (κ2) is 14.8. The van der Waals surface area contributed by atoms with E-state index in [1.165, 1.54) is 81.8 Å². The van der Waals surface area contributed by atoms with E-state index in [1.807, 2.05) is 6.07 Å². The molecule has 0 N–H and O–H groups in total. The predicted molar refractivity (Wildman–Crippen MR) is 247 cm³/mol. The zero-order chi connectivity index (χ0) is 39.2. The summed E-state index contributed by atoms with van der Waals surface area (Å²) < 4.78 is 6.30. The van der Waals surface area contributed by atoms with Gasteiger partial charge >= 0.3 is 0 Å². The summed E-state index contributed by atoms with van der Waals surface area (Å²) in [6.45, 7) is 6.84. The van der Waals surface area contributed by atoms with Gasteiger partial charge in [0.25, 0.3) is 0 Å². The minimum atomic E-state index is 0.0762. The van der Waals surface area contributed by atoms with Gasteiger partial charge in [-0.1, -0.05) is 180 Å². The van der Waals surface area contributed by atoms with Crippen molar-refractivity contribution in [2.45, 2.75) is 64.2 Å². The van der Waals surface area contributed by atoms with Crippen LogP contribution in [0.3, 0.4) is 0 Å². The van der Waals surface area contributed by atoms with Crippen LogP contribution in [-0.4, -0.2) is 0 Å². The van der Waals surface area contributed by atoms with Crippen LogP contribution in [0.1, 0.15) is 69.9 Å². The second-order valence-corrected chi connectivity index (χ2v) is 17.1. The quantitative estimate of drug-likeness (QED) is 0.161. The van der Waals surface area contributed by atoms with Crippen LogP contribution in [0.5, 0.6) is 0 Å². The normalized spacial score (nSPS) is 13.7. The highest BCUT2D eigenvalue weighted by atomic mass is 16.3. The van der Waals surface area contributed by atoms with Crippen LogP contribution in [0.2, 0.25) is 0 Å². The lowest BCUT2D eigenvalue weighted by molar-refractivity contribution is 0.445. The molecular weight excluding hydrogens is 703 g/mol. The van der Waals surface area contributed by atoms with Gasteiger partial charge in [-0.15, -0.1) is 0 Å². The van der Waals surface area contributed by atoms with Gasteiger partial charge in [-0.25, -0.2) is 0 Å². The van der Waals surface area contributed by atoms with Crippen molar-refractivity contribution in [2.75, 3.05) is 4.90 Å². The van der Waals surface area contributed by atoms with Crippen molar-refractivity contribution >= 4 is 49.8 Å². The van der Waals surface area contributed by atoms with Crippen LogP contribution < -0.4 is 4.90 Å². The molecule has 0 atom stereocenters. The summed E-state index contributed by atoms with van der Waals surface area (Å²) in [5, 5.41) is 5.00. The van der Waals surface area contributed by atoms with E-state index in [4.69, 9.17) is 4.42 Å². The van der Waals surface area contributed by atoms with E-state index >= 15 is 0 Å². The Morgan fingerprint density at radius 3 is 1.79 bits per heavy atom. The van der Waals surface area contributed by atoms with Crippen LogP contribution in [0.15, 0.2) is 180 Å². The summed E-state index contributed by atoms with van der Waals surface area (Å²) in [7, 11) is 0. The van der Waals surface area contributed by atoms with Crippen LogP contribution in [-0.2, 0) is 5.41 Å². The number of hydrogen-bond acceptors (Lipinski definition) is 2. The van der Waals surface area contributed by atoms with E-state index in [1.54, 1.807) is 0 Å². The number of fused-ring (bicyclic) bond motifs is 4. The molecule has 1 aromatic heterocycles. The Hall–Kier alpha value is -6.38. The van der Waals surface area contributed by atoms with Crippen LogP contribution >= 0.6 is 0 Å². The fourth-order valence-corrected chi connectivity index (χ4v) is 9.52. The van der Waals surface area contributed by atoms with Gasteiger partial charge in [-0.2, -0.15) is 0 Å². The van der Waals surface area contributed by atoms with Crippen molar-refractivity contribution in [1.29, 1.82) is 0 Å². The van der Waals surface area contributed by atoms with E-state index < -0.39 is 0 Å². The Bertz CT molecular complexity index is 2900. The molecule has 0 saturated heterocycles. The lowest BCUT2D eigenvalue weighted by Crippen LogP contribution is -2.13. The van der Waals surface area contributed by atoms with Crippen molar-refractivity contribution in [2.24, 2.45) is 0 Å². The monoisotopic (exact) mass is 751 g/mol. The molecule has 0 unspecified atom stereocenters. The summed E-state index contributed by atoms with van der Waals surface area (Å²) in [6.07, 6.45) is 6.48. The fourth-order valence-electron chi connectivity index (χ4n) is 9.52. The molecule has 1 aliphatic rings. The molecular formula is C56H49NO. The first-order chi connectivity index (χ1) is 28.4. The van der Waals surface area contributed by atoms with Gasteiger partial charge in [0.2, 0.25) is 0 Å². The maximum atomic E-state index is 6.30. The summed E-state index contributed by atoms with van der Waals surface area (Å²) in [4.78, 5) is 2.49. The number of hydrogen-bond donors (Lipinski definition) is 0. The lowest BCUT2D eigenvalue weighted by Gasteiger charge is -2.31. The molecule has 10 rings (SSSR count). The van der Waals surface area contributed by atoms with Crippen molar-refractivity contribution in [3.05, 3.63) is 187 Å². The van der Waals surface area contributed by atoms with Crippen molar-refractivity contribution < 1.29 is 4.42 Å². The first-order valence-corrected chi connectivity index (χ1v) is 21.0. The summed E-state index contributed by atoms with van der Waals surface area (Å²) >= 11 is 0. The highest BCUT2D eigenvalue weighted by molar-refractivity contribution is 6.12. The molecule has 1 fully saturated rings. The van der Waals surface area contributed by atoms with Crippen molar-refractivity contribution in [1.82, 2.24) is 0 Å². The van der Waals surface area contributed by atoms with Gasteiger partial charge in [0, 0.05) is 27.6 Å². The van der Waals surface area contributed by atoms with Gasteiger partial charge in [-0.05, 0) is 105 Å². The number of furan rings is 1. The lowest BCUT2D eigenvalue weighted by atomic mass is 9.80. The third-order valence-corrected chi connectivity index (χ3v) is 12.5. The van der Waals surface area contributed by atoms with E-state index in [9.17, 15) is 0 Å². The Morgan fingerprint density at radius 2 is 1.03 bits per heavy atom. The average Bonchev–Trinajstić information content (AvgIpc) is 3.66. The summed E-state index contributed by atoms with van der Waals surface area (Å²) in [5.41, 5.74) is 15.4. The van der Waals surface area contributed by atoms with Crippen LogP contribution in [0.25, 0.3) is 66.1 Å². The first-order valence-electron chi connectivity index (χ1n) is 21.0. The van der Waals surface area contributed by atoms with Gasteiger partial charge < -0.3 is 9.32 Å². The predicted octanol–water partition coefficient (Wildman–Crippen LogP) is 16.6. The molecule has 0 amide bonds. The topological polar surface area (TPSA) is 16.4 Å². The maximum Gasteiger partial charge on any atom is 0.136 e. The number of nitrogens with zero attached hydrogens (tertiary/aromatic N) is 1. The average molecular weight is 752 g/mol. The first kappa shape index (κ1) is 36.0. The molecule has 9 aromatic rings. The smallest absolute Gasteiger partial charge is 0.136 e. The summed E-state index contributed by atoms with van der Waals surface area (Å²) in [5.74, 6) is 0.586. The fraction of sp³-hybridized carbons (Fsp3) is 0.179. The molecule has 0 bridgehead atoms. The van der Waals surface area contributed by atoms with E-state index in [2.05, 4.69) is 196 Å². The molecule has 1 heterocycles. The minimum Gasteiger partial charge on any atom is -0.456 e. The highest BCUT2D eigenvalue weighted by Gasteiger charge is 2.24. The van der Waals surface area contributed by atoms with Crippen LogP contribution in [0.4, 0.5) is 17.1 Å². The van der Waals surface area contributed by atoms with Gasteiger partial charge in [-0.3, -0.25) is 0 Å². The molecule has 0 spiro atoms. The minimum absolute atomic E-state index is 0.0762. The largest absolute Gasteiger partial charge is 0.456 e. The third kappa shape index (κ3) is 6.47. The zero-order valence-electron chi connectivity index (χ0n) is 33.7. The third-order valence-electron chi connectivity index (χ3n) is 12.5.